The van der Waals surface area contributed by atoms with Crippen molar-refractivity contribution in [1.82, 2.24) is 0 Å². The third-order valence-corrected chi connectivity index (χ3v) is 6.21. The highest BCUT2D eigenvalue weighted by Crippen LogP contribution is 2.61. The van der Waals surface area contributed by atoms with E-state index in [1.165, 1.54) is 0 Å². The molecule has 4 saturated carbocycles. The van der Waals surface area contributed by atoms with E-state index in [0.29, 0.717) is 25.7 Å². The zero-order valence-electron chi connectivity index (χ0n) is 11.9. The van der Waals surface area contributed by atoms with Gasteiger partial charge >= 0.3 is 21.2 Å². The molecular weight excluding hydrogens is 316 g/mol. The fraction of sp³-hybridized carbons (Fsp3) is 0.923. The second-order valence-corrected chi connectivity index (χ2v) is 8.86. The zero-order valence-corrected chi connectivity index (χ0v) is 12.8. The highest BCUT2D eigenvalue weighted by atomic mass is 32.2. The van der Waals surface area contributed by atoms with E-state index < -0.39 is 38.8 Å². The third-order valence-electron chi connectivity index (χ3n) is 5.27. The summed E-state index contributed by atoms with van der Waals surface area (Å²) in [4.78, 5) is 12.4. The van der Waals surface area contributed by atoms with Crippen LogP contribution in [-0.4, -0.2) is 51.6 Å². The number of aliphatic hydroxyl groups is 3. The van der Waals surface area contributed by atoms with Crippen LogP contribution in [0.4, 0.5) is 0 Å². The molecule has 0 amide bonds. The second-order valence-electron chi connectivity index (χ2n) is 7.26. The van der Waals surface area contributed by atoms with Gasteiger partial charge in [-0.3, -0.25) is 9.35 Å². The van der Waals surface area contributed by atoms with E-state index in [0.717, 1.165) is 6.42 Å². The summed E-state index contributed by atoms with van der Waals surface area (Å²) in [5.74, 6) is -0.280. The first-order valence-electron chi connectivity index (χ1n) is 7.26. The molecule has 4 aliphatic carbocycles. The minimum atomic E-state index is -5.18. The monoisotopic (exact) mass is 336 g/mol. The highest BCUT2D eigenvalue weighted by Gasteiger charge is 2.61. The van der Waals surface area contributed by atoms with Crippen LogP contribution < -0.4 is 0 Å². The quantitative estimate of drug-likeness (QED) is 0.302. The lowest BCUT2D eigenvalue weighted by molar-refractivity contribution is -0.206. The molecule has 126 valence electrons. The largest absolute Gasteiger partial charge is 0.458 e. The Bertz CT molecular complexity index is 581. The van der Waals surface area contributed by atoms with Crippen molar-refractivity contribution in [2.75, 3.05) is 6.61 Å². The first-order chi connectivity index (χ1) is 9.95. The lowest BCUT2D eigenvalue weighted by atomic mass is 9.48. The van der Waals surface area contributed by atoms with E-state index in [4.69, 9.17) is 9.29 Å². The molecule has 0 aromatic heterocycles. The molecule has 2 unspecified atom stereocenters. The van der Waals surface area contributed by atoms with Crippen molar-refractivity contribution in [2.24, 2.45) is 17.3 Å². The molecule has 8 nitrogen and oxygen atoms in total. The molecule has 4 N–H and O–H groups in total. The minimum absolute atomic E-state index is 0.230. The molecule has 4 aliphatic rings. The SMILES string of the molecule is O=C(OCC(O)(O)S(=O)(=O)O)C12CC3CC(CC(O)(C3)C1)C2. The van der Waals surface area contributed by atoms with Gasteiger partial charge in [0.15, 0.2) is 6.61 Å². The fourth-order valence-electron chi connectivity index (χ4n) is 4.84. The molecule has 22 heavy (non-hydrogen) atoms. The Morgan fingerprint density at radius 1 is 1.18 bits per heavy atom. The van der Waals surface area contributed by atoms with Gasteiger partial charge in [-0.1, -0.05) is 0 Å². The summed E-state index contributed by atoms with van der Waals surface area (Å²) in [6.45, 7) is -1.26. The van der Waals surface area contributed by atoms with Gasteiger partial charge in [0.2, 0.25) is 0 Å². The van der Waals surface area contributed by atoms with Gasteiger partial charge in [-0.25, -0.2) is 0 Å². The number of hydrogen-bond donors (Lipinski definition) is 4. The van der Waals surface area contributed by atoms with E-state index in [1.807, 2.05) is 0 Å². The van der Waals surface area contributed by atoms with E-state index in [9.17, 15) is 28.5 Å². The maximum atomic E-state index is 12.4. The van der Waals surface area contributed by atoms with Crippen LogP contribution in [0.3, 0.4) is 0 Å². The van der Waals surface area contributed by atoms with Crippen molar-refractivity contribution >= 4 is 16.1 Å². The van der Waals surface area contributed by atoms with Gasteiger partial charge in [-0.15, -0.1) is 0 Å². The van der Waals surface area contributed by atoms with Crippen molar-refractivity contribution in [1.29, 1.82) is 0 Å². The van der Waals surface area contributed by atoms with Crippen molar-refractivity contribution in [3.63, 3.8) is 0 Å². The topological polar surface area (TPSA) is 141 Å². The van der Waals surface area contributed by atoms with Crippen molar-refractivity contribution in [3.8, 4) is 0 Å². The smallest absolute Gasteiger partial charge is 0.330 e. The van der Waals surface area contributed by atoms with E-state index in [2.05, 4.69) is 0 Å². The predicted molar refractivity (Wildman–Crippen MR) is 71.7 cm³/mol. The van der Waals surface area contributed by atoms with Crippen molar-refractivity contribution in [2.45, 2.75) is 49.2 Å². The van der Waals surface area contributed by atoms with Crippen LogP contribution in [0.2, 0.25) is 0 Å². The van der Waals surface area contributed by atoms with Crippen LogP contribution in [0.25, 0.3) is 0 Å². The lowest BCUT2D eigenvalue weighted by Gasteiger charge is -2.58. The number of hydrogen-bond acceptors (Lipinski definition) is 7. The Labute approximate surface area is 127 Å². The van der Waals surface area contributed by atoms with Gasteiger partial charge in [0, 0.05) is 0 Å². The molecule has 0 spiro atoms. The molecule has 0 aromatic carbocycles. The van der Waals surface area contributed by atoms with Crippen LogP contribution in [0.5, 0.6) is 0 Å². The highest BCUT2D eigenvalue weighted by molar-refractivity contribution is 7.86. The summed E-state index contributed by atoms with van der Waals surface area (Å²) >= 11 is 0. The minimum Gasteiger partial charge on any atom is -0.458 e. The van der Waals surface area contributed by atoms with E-state index in [-0.39, 0.29) is 18.3 Å². The van der Waals surface area contributed by atoms with Gasteiger partial charge in [0.05, 0.1) is 11.0 Å². The molecule has 9 heteroatoms. The maximum absolute atomic E-state index is 12.4. The van der Waals surface area contributed by atoms with Gasteiger partial charge in [-0.05, 0) is 50.4 Å². The van der Waals surface area contributed by atoms with Gasteiger partial charge in [0.1, 0.15) is 0 Å². The summed E-state index contributed by atoms with van der Waals surface area (Å²) in [6.07, 6.45) is 3.65. The number of ether oxygens (including phenoxy) is 1. The fourth-order valence-corrected chi connectivity index (χ4v) is 5.05. The van der Waals surface area contributed by atoms with Gasteiger partial charge in [0.25, 0.3) is 0 Å². The Balaban J connectivity index is 1.73. The standard InChI is InChI=1S/C13H20O8S/c14-10(21-7-13(16,17)22(18,19)20)11-2-8-1-9(3-11)5-12(15,4-8)6-11/h8-9,15-17H,1-7H2,(H,18,19,20). The van der Waals surface area contributed by atoms with Crippen LogP contribution in [-0.2, 0) is 19.6 Å². The van der Waals surface area contributed by atoms with E-state index >= 15 is 0 Å². The van der Waals surface area contributed by atoms with Crippen LogP contribution >= 0.6 is 0 Å². The number of carbonyl (C=O) groups is 1. The predicted octanol–water partition coefficient (Wildman–Crippen LogP) is -0.613. The summed E-state index contributed by atoms with van der Waals surface area (Å²) in [7, 11) is -5.18. The first kappa shape index (κ1) is 16.1. The van der Waals surface area contributed by atoms with Crippen molar-refractivity contribution < 1.29 is 37.8 Å². The summed E-state index contributed by atoms with van der Waals surface area (Å²) in [5.41, 5.74) is -1.78. The molecule has 0 saturated heterocycles. The molecule has 4 rings (SSSR count). The third kappa shape index (κ3) is 2.54. The molecule has 2 atom stereocenters. The molecular formula is C13H20O8S. The second kappa shape index (κ2) is 4.64. The normalized spacial score (nSPS) is 40.7. The molecule has 0 aliphatic heterocycles. The molecule has 4 bridgehead atoms. The number of esters is 1. The molecule has 0 heterocycles. The Kier molecular flexibility index (Phi) is 3.40. The summed E-state index contributed by atoms with van der Waals surface area (Å²) in [6, 6.07) is 0. The maximum Gasteiger partial charge on any atom is 0.330 e. The first-order valence-corrected chi connectivity index (χ1v) is 8.70. The van der Waals surface area contributed by atoms with Crippen molar-refractivity contribution in [3.05, 3.63) is 0 Å². The number of carbonyl (C=O) groups excluding carboxylic acids is 1. The Hall–Kier alpha value is -0.740. The number of rotatable bonds is 4. The zero-order chi connectivity index (χ0) is 16.4. The molecule has 0 aromatic rings. The average Bonchev–Trinajstić information content (AvgIpc) is 2.31. The van der Waals surface area contributed by atoms with Crippen LogP contribution in [0.15, 0.2) is 0 Å². The average molecular weight is 336 g/mol. The molecule has 4 fully saturated rings. The van der Waals surface area contributed by atoms with Gasteiger partial charge in [-0.2, -0.15) is 8.42 Å². The summed E-state index contributed by atoms with van der Waals surface area (Å²) in [5, 5.41) is 25.5. The Morgan fingerprint density at radius 2 is 1.73 bits per heavy atom. The van der Waals surface area contributed by atoms with Gasteiger partial charge < -0.3 is 20.1 Å². The van der Waals surface area contributed by atoms with Crippen LogP contribution in [0.1, 0.15) is 38.5 Å². The van der Waals surface area contributed by atoms with E-state index in [1.54, 1.807) is 0 Å². The molecule has 0 radical (unpaired) electrons. The lowest BCUT2D eigenvalue weighted by Crippen LogP contribution is -2.59. The summed E-state index contributed by atoms with van der Waals surface area (Å²) < 4.78 is 35.0. The van der Waals surface area contributed by atoms with Crippen LogP contribution in [0, 0.1) is 17.3 Å². The Morgan fingerprint density at radius 3 is 2.18 bits per heavy atom.